The first-order valence-electron chi connectivity index (χ1n) is 6.04. The van der Waals surface area contributed by atoms with Crippen molar-refractivity contribution in [3.63, 3.8) is 0 Å². The fourth-order valence-electron chi connectivity index (χ4n) is 2.11. The number of hydrogen-bond acceptors (Lipinski definition) is 4. The second-order valence-electron chi connectivity index (χ2n) is 4.55. The van der Waals surface area contributed by atoms with Crippen LogP contribution in [0, 0.1) is 0 Å². The van der Waals surface area contributed by atoms with Crippen LogP contribution in [0.4, 0.5) is 13.2 Å². The molecule has 0 saturated heterocycles. The number of hydrogen-bond donors (Lipinski definition) is 1. The molecule has 3 rings (SSSR count). The van der Waals surface area contributed by atoms with E-state index in [-0.39, 0.29) is 11.3 Å². The normalized spacial score (nSPS) is 12.0. The fraction of sp³-hybridized carbons (Fsp3) is 0.154. The number of H-pyrrole nitrogens is 1. The highest BCUT2D eigenvalue weighted by atomic mass is 32.1. The number of aromatic nitrogens is 3. The lowest BCUT2D eigenvalue weighted by Crippen LogP contribution is -2.30. The van der Waals surface area contributed by atoms with Crippen LogP contribution in [0.2, 0.25) is 0 Å². The summed E-state index contributed by atoms with van der Waals surface area (Å²) in [6, 6.07) is 4.12. The third-order valence-corrected chi connectivity index (χ3v) is 4.04. The molecule has 0 radical (unpaired) electrons. The molecule has 0 atom stereocenters. The number of nitrogens with zero attached hydrogens (tertiary/aromatic N) is 2. The minimum atomic E-state index is -4.74. The Bertz CT molecular complexity index is 971. The first-order valence-corrected chi connectivity index (χ1v) is 6.92. The molecule has 1 N–H and O–H groups in total. The van der Waals surface area contributed by atoms with Gasteiger partial charge >= 0.3 is 11.9 Å². The predicted octanol–water partition coefficient (Wildman–Crippen LogP) is 2.37. The van der Waals surface area contributed by atoms with Gasteiger partial charge in [0.15, 0.2) is 5.65 Å². The van der Waals surface area contributed by atoms with Crippen LogP contribution >= 0.6 is 11.3 Å². The van der Waals surface area contributed by atoms with Crippen LogP contribution in [0.25, 0.3) is 21.6 Å². The molecule has 0 bridgehead atoms. The van der Waals surface area contributed by atoms with Gasteiger partial charge in [-0.2, -0.15) is 13.2 Å². The van der Waals surface area contributed by atoms with Crippen molar-refractivity contribution in [2.45, 2.75) is 6.18 Å². The average Bonchev–Trinajstić information content (AvgIpc) is 2.96. The molecule has 3 heterocycles. The van der Waals surface area contributed by atoms with E-state index in [1.165, 1.54) is 18.4 Å². The molecule has 0 fully saturated rings. The first kappa shape index (κ1) is 14.5. The molecule has 0 spiro atoms. The Morgan fingerprint density at radius 3 is 2.64 bits per heavy atom. The number of pyridine rings is 1. The average molecular weight is 327 g/mol. The van der Waals surface area contributed by atoms with Gasteiger partial charge in [-0.1, -0.05) is 6.07 Å². The molecule has 0 saturated carbocycles. The summed E-state index contributed by atoms with van der Waals surface area (Å²) in [6.07, 6.45) is -4.74. The standard InChI is InChI=1S/C13H8F3N3O2S/c1-19-10-9(11(20)18-12(19)21)6(13(14,15)16)5-7(17-10)8-3-2-4-22-8/h2-5H,1H3,(H,18,20,21). The molecule has 114 valence electrons. The van der Waals surface area contributed by atoms with Crippen LogP contribution in [0.3, 0.4) is 0 Å². The van der Waals surface area contributed by atoms with Crippen LogP contribution in [0.15, 0.2) is 33.2 Å². The van der Waals surface area contributed by atoms with Crippen molar-refractivity contribution >= 4 is 22.4 Å². The molecular weight excluding hydrogens is 319 g/mol. The number of halogens is 3. The first-order chi connectivity index (χ1) is 10.3. The molecule has 3 aromatic rings. The maximum absolute atomic E-state index is 13.3. The van der Waals surface area contributed by atoms with Gasteiger partial charge in [0.05, 0.1) is 21.5 Å². The lowest BCUT2D eigenvalue weighted by atomic mass is 10.1. The lowest BCUT2D eigenvalue weighted by molar-refractivity contribution is -0.136. The summed E-state index contributed by atoms with van der Waals surface area (Å²) < 4.78 is 40.8. The molecule has 0 unspecified atom stereocenters. The summed E-state index contributed by atoms with van der Waals surface area (Å²) in [7, 11) is 1.26. The lowest BCUT2D eigenvalue weighted by Gasteiger charge is -2.12. The molecule has 0 amide bonds. The van der Waals surface area contributed by atoms with Gasteiger partial charge < -0.3 is 0 Å². The van der Waals surface area contributed by atoms with Crippen LogP contribution in [-0.2, 0) is 13.2 Å². The second kappa shape index (κ2) is 4.80. The maximum atomic E-state index is 13.3. The van der Waals surface area contributed by atoms with Crippen molar-refractivity contribution in [1.82, 2.24) is 14.5 Å². The van der Waals surface area contributed by atoms with Crippen molar-refractivity contribution in [1.29, 1.82) is 0 Å². The van der Waals surface area contributed by atoms with Gasteiger partial charge in [0.2, 0.25) is 0 Å². The number of alkyl halides is 3. The van der Waals surface area contributed by atoms with Crippen LogP contribution in [-0.4, -0.2) is 14.5 Å². The molecular formula is C13H8F3N3O2S. The zero-order valence-corrected chi connectivity index (χ0v) is 11.9. The van der Waals surface area contributed by atoms with Gasteiger partial charge in [-0.05, 0) is 17.5 Å². The quantitative estimate of drug-likeness (QED) is 0.746. The molecule has 0 aliphatic rings. The Kier molecular flexibility index (Phi) is 3.17. The van der Waals surface area contributed by atoms with Gasteiger partial charge in [-0.3, -0.25) is 14.3 Å². The minimum Gasteiger partial charge on any atom is -0.281 e. The zero-order valence-electron chi connectivity index (χ0n) is 11.1. The van der Waals surface area contributed by atoms with Crippen molar-refractivity contribution in [2.24, 2.45) is 7.05 Å². The highest BCUT2D eigenvalue weighted by Gasteiger charge is 2.35. The summed E-state index contributed by atoms with van der Waals surface area (Å²) in [5.41, 5.74) is -3.27. The number of nitrogens with one attached hydrogen (secondary N) is 1. The van der Waals surface area contributed by atoms with Crippen molar-refractivity contribution in [2.75, 3.05) is 0 Å². The number of rotatable bonds is 1. The Morgan fingerprint density at radius 1 is 1.32 bits per heavy atom. The monoisotopic (exact) mass is 327 g/mol. The topological polar surface area (TPSA) is 67.8 Å². The van der Waals surface area contributed by atoms with E-state index >= 15 is 0 Å². The van der Waals surface area contributed by atoms with Gasteiger partial charge in [0.1, 0.15) is 0 Å². The molecule has 5 nitrogen and oxygen atoms in total. The highest BCUT2D eigenvalue weighted by Crippen LogP contribution is 2.35. The zero-order chi connectivity index (χ0) is 16.1. The molecule has 0 aromatic carbocycles. The van der Waals surface area contributed by atoms with Crippen molar-refractivity contribution < 1.29 is 13.2 Å². The van der Waals surface area contributed by atoms with Gasteiger partial charge in [-0.15, -0.1) is 11.3 Å². The largest absolute Gasteiger partial charge is 0.417 e. The smallest absolute Gasteiger partial charge is 0.281 e. The highest BCUT2D eigenvalue weighted by molar-refractivity contribution is 7.13. The van der Waals surface area contributed by atoms with E-state index in [0.29, 0.717) is 4.88 Å². The van der Waals surface area contributed by atoms with E-state index in [0.717, 1.165) is 10.6 Å². The number of thiophene rings is 1. The Labute approximate surface area is 124 Å². The Morgan fingerprint density at radius 2 is 2.05 bits per heavy atom. The molecule has 22 heavy (non-hydrogen) atoms. The van der Waals surface area contributed by atoms with Crippen LogP contribution in [0.5, 0.6) is 0 Å². The number of aryl methyl sites for hydroxylation is 1. The van der Waals surface area contributed by atoms with E-state index < -0.39 is 28.4 Å². The van der Waals surface area contributed by atoms with E-state index in [1.807, 2.05) is 4.98 Å². The fourth-order valence-corrected chi connectivity index (χ4v) is 2.80. The van der Waals surface area contributed by atoms with Gasteiger partial charge in [0, 0.05) is 7.05 Å². The third-order valence-electron chi connectivity index (χ3n) is 3.15. The second-order valence-corrected chi connectivity index (χ2v) is 5.49. The Balaban J connectivity index is 2.53. The summed E-state index contributed by atoms with van der Waals surface area (Å²) in [4.78, 5) is 29.9. The molecule has 3 aromatic heterocycles. The SMILES string of the molecule is Cn1c(=O)[nH]c(=O)c2c(C(F)(F)F)cc(-c3cccs3)nc21. The van der Waals surface area contributed by atoms with Gasteiger partial charge in [-0.25, -0.2) is 9.78 Å². The Hall–Kier alpha value is -2.42. The molecule has 0 aliphatic heterocycles. The molecule has 0 aliphatic carbocycles. The van der Waals surface area contributed by atoms with E-state index in [2.05, 4.69) is 4.98 Å². The van der Waals surface area contributed by atoms with Crippen LogP contribution in [0.1, 0.15) is 5.56 Å². The van der Waals surface area contributed by atoms with E-state index in [9.17, 15) is 22.8 Å². The predicted molar refractivity (Wildman–Crippen MR) is 75.9 cm³/mol. The maximum Gasteiger partial charge on any atom is 0.417 e. The minimum absolute atomic E-state index is 0.0652. The van der Waals surface area contributed by atoms with Crippen molar-refractivity contribution in [3.8, 4) is 10.6 Å². The van der Waals surface area contributed by atoms with Crippen molar-refractivity contribution in [3.05, 3.63) is 50.0 Å². The number of fused-ring (bicyclic) bond motifs is 1. The summed E-state index contributed by atoms with van der Waals surface area (Å²) in [5, 5.41) is 1.06. The third kappa shape index (κ3) is 2.23. The van der Waals surface area contributed by atoms with Gasteiger partial charge in [0.25, 0.3) is 5.56 Å². The summed E-state index contributed by atoms with van der Waals surface area (Å²) >= 11 is 1.21. The molecule has 9 heteroatoms. The van der Waals surface area contributed by atoms with Crippen LogP contribution < -0.4 is 11.2 Å². The number of aromatic amines is 1. The van der Waals surface area contributed by atoms with E-state index in [1.54, 1.807) is 17.5 Å². The summed E-state index contributed by atoms with van der Waals surface area (Å²) in [6.45, 7) is 0. The van der Waals surface area contributed by atoms with E-state index in [4.69, 9.17) is 0 Å². The summed E-state index contributed by atoms with van der Waals surface area (Å²) in [5.74, 6) is 0.